The number of nitrogens with zero attached hydrogens (tertiary/aromatic N) is 4. The van der Waals surface area contributed by atoms with Gasteiger partial charge in [-0.15, -0.1) is 5.10 Å². The number of Topliss-reactive ketones (excluding diaryl/α,β-unsaturated/α-hetero) is 1. The van der Waals surface area contributed by atoms with E-state index in [2.05, 4.69) is 5.10 Å². The topological polar surface area (TPSA) is 52.7 Å². The average molecular weight is 366 g/mol. The van der Waals surface area contributed by atoms with Crippen LogP contribution in [0.3, 0.4) is 0 Å². The van der Waals surface area contributed by atoms with E-state index in [9.17, 15) is 4.79 Å². The van der Waals surface area contributed by atoms with Crippen molar-refractivity contribution in [3.63, 3.8) is 0 Å². The van der Waals surface area contributed by atoms with Crippen molar-refractivity contribution in [2.45, 2.75) is 37.8 Å². The molecular formula is C20H22N4OS. The summed E-state index contributed by atoms with van der Waals surface area (Å²) in [6.45, 7) is 4.00. The molecule has 26 heavy (non-hydrogen) atoms. The van der Waals surface area contributed by atoms with Gasteiger partial charge < -0.3 is 4.57 Å². The van der Waals surface area contributed by atoms with Gasteiger partial charge in [-0.3, -0.25) is 4.79 Å². The van der Waals surface area contributed by atoms with E-state index in [0.717, 1.165) is 41.3 Å². The summed E-state index contributed by atoms with van der Waals surface area (Å²) in [5, 5.41) is 5.34. The number of para-hydroxylation sites is 1. The summed E-state index contributed by atoms with van der Waals surface area (Å²) in [5.41, 5.74) is 3.92. The molecule has 1 saturated carbocycles. The van der Waals surface area contributed by atoms with E-state index in [4.69, 9.17) is 4.98 Å². The number of aryl methyl sites for hydroxylation is 1. The maximum Gasteiger partial charge on any atom is 0.209 e. The Balaban J connectivity index is 1.54. The Labute approximate surface area is 157 Å². The van der Waals surface area contributed by atoms with Crippen molar-refractivity contribution in [1.82, 2.24) is 19.3 Å². The van der Waals surface area contributed by atoms with Gasteiger partial charge in [0, 0.05) is 29.9 Å². The predicted molar refractivity (Wildman–Crippen MR) is 103 cm³/mol. The summed E-state index contributed by atoms with van der Waals surface area (Å²) in [7, 11) is 1.99. The molecule has 0 aliphatic heterocycles. The highest BCUT2D eigenvalue weighted by molar-refractivity contribution is 7.99. The maximum absolute atomic E-state index is 12.6. The van der Waals surface area contributed by atoms with Crippen LogP contribution in [-0.4, -0.2) is 30.9 Å². The van der Waals surface area contributed by atoms with Gasteiger partial charge in [0.2, 0.25) is 5.16 Å². The first-order valence-corrected chi connectivity index (χ1v) is 9.84. The Bertz CT molecular complexity index is 954. The van der Waals surface area contributed by atoms with Gasteiger partial charge in [-0.2, -0.15) is 0 Å². The van der Waals surface area contributed by atoms with E-state index in [1.165, 1.54) is 11.8 Å². The summed E-state index contributed by atoms with van der Waals surface area (Å²) in [6.07, 6.45) is 2.33. The SMILES string of the molecule is Cc1cc(C(=O)CSc2nc(C3CC3)n(-c3ccccc3)n2)c(C)n1C. The van der Waals surface area contributed by atoms with E-state index in [0.29, 0.717) is 16.8 Å². The van der Waals surface area contributed by atoms with Gasteiger partial charge >= 0.3 is 0 Å². The van der Waals surface area contributed by atoms with Gasteiger partial charge in [-0.1, -0.05) is 30.0 Å². The van der Waals surface area contributed by atoms with Crippen LogP contribution in [0.15, 0.2) is 41.6 Å². The van der Waals surface area contributed by atoms with E-state index < -0.39 is 0 Å². The zero-order chi connectivity index (χ0) is 18.3. The summed E-state index contributed by atoms with van der Waals surface area (Å²) >= 11 is 1.42. The second-order valence-electron chi connectivity index (χ2n) is 6.83. The molecule has 4 rings (SSSR count). The van der Waals surface area contributed by atoms with E-state index in [1.54, 1.807) is 0 Å². The highest BCUT2D eigenvalue weighted by Gasteiger charge is 2.30. The molecule has 3 aromatic rings. The molecule has 1 fully saturated rings. The van der Waals surface area contributed by atoms with Crippen LogP contribution >= 0.6 is 11.8 Å². The molecule has 0 radical (unpaired) electrons. The zero-order valence-corrected chi connectivity index (χ0v) is 16.1. The fourth-order valence-corrected chi connectivity index (χ4v) is 3.79. The molecule has 1 aliphatic carbocycles. The molecule has 0 spiro atoms. The minimum absolute atomic E-state index is 0.125. The molecule has 6 heteroatoms. The number of benzene rings is 1. The smallest absolute Gasteiger partial charge is 0.209 e. The first kappa shape index (κ1) is 17.1. The number of aromatic nitrogens is 4. The van der Waals surface area contributed by atoms with Gasteiger partial charge in [0.1, 0.15) is 5.82 Å². The molecule has 1 aliphatic rings. The minimum atomic E-state index is 0.125. The maximum atomic E-state index is 12.6. The van der Waals surface area contributed by atoms with Crippen LogP contribution in [0.1, 0.15) is 46.3 Å². The molecular weight excluding hydrogens is 344 g/mol. The molecule has 0 unspecified atom stereocenters. The number of carbonyl (C=O) groups excluding carboxylic acids is 1. The highest BCUT2D eigenvalue weighted by Crippen LogP contribution is 2.40. The van der Waals surface area contributed by atoms with Crippen molar-refractivity contribution in [2.24, 2.45) is 7.05 Å². The molecule has 2 heterocycles. The summed E-state index contributed by atoms with van der Waals surface area (Å²) in [5.74, 6) is 1.98. The second-order valence-corrected chi connectivity index (χ2v) is 7.77. The fourth-order valence-electron chi connectivity index (χ4n) is 3.08. The molecule has 0 atom stereocenters. The van der Waals surface area contributed by atoms with Crippen LogP contribution < -0.4 is 0 Å². The molecule has 1 aromatic carbocycles. The van der Waals surface area contributed by atoms with E-state index in [1.807, 2.05) is 66.5 Å². The first-order valence-electron chi connectivity index (χ1n) is 8.86. The van der Waals surface area contributed by atoms with E-state index >= 15 is 0 Å². The summed E-state index contributed by atoms with van der Waals surface area (Å²) < 4.78 is 3.98. The van der Waals surface area contributed by atoms with Crippen LogP contribution in [0.4, 0.5) is 0 Å². The van der Waals surface area contributed by atoms with Crippen molar-refractivity contribution in [3.8, 4) is 5.69 Å². The lowest BCUT2D eigenvalue weighted by Gasteiger charge is -2.03. The van der Waals surface area contributed by atoms with Crippen LogP contribution in [0.25, 0.3) is 5.69 Å². The fraction of sp³-hybridized carbons (Fsp3) is 0.350. The summed E-state index contributed by atoms with van der Waals surface area (Å²) in [6, 6.07) is 12.0. The Kier molecular flexibility index (Phi) is 4.44. The minimum Gasteiger partial charge on any atom is -0.351 e. The molecule has 0 saturated heterocycles. The molecule has 2 aromatic heterocycles. The monoisotopic (exact) mass is 366 g/mol. The third kappa shape index (κ3) is 3.21. The van der Waals surface area contributed by atoms with Gasteiger partial charge in [-0.25, -0.2) is 9.67 Å². The van der Waals surface area contributed by atoms with Crippen LogP contribution in [0.5, 0.6) is 0 Å². The van der Waals surface area contributed by atoms with Crippen molar-refractivity contribution in [3.05, 3.63) is 59.2 Å². The zero-order valence-electron chi connectivity index (χ0n) is 15.3. The van der Waals surface area contributed by atoms with Gasteiger partial charge in [0.15, 0.2) is 5.78 Å². The standard InChI is InChI=1S/C20H22N4OS/c1-13-11-17(14(2)23(13)3)18(25)12-26-20-21-19(15-9-10-15)24(22-20)16-7-5-4-6-8-16/h4-8,11,15H,9-10,12H2,1-3H3. The van der Waals surface area contributed by atoms with Crippen molar-refractivity contribution < 1.29 is 4.79 Å². The normalized spacial score (nSPS) is 14.0. The van der Waals surface area contributed by atoms with Crippen LogP contribution in [0.2, 0.25) is 0 Å². The number of thioether (sulfide) groups is 1. The van der Waals surface area contributed by atoms with Gasteiger partial charge in [0.05, 0.1) is 11.4 Å². The van der Waals surface area contributed by atoms with Crippen molar-refractivity contribution in [2.75, 3.05) is 5.75 Å². The van der Waals surface area contributed by atoms with Crippen molar-refractivity contribution >= 4 is 17.5 Å². The Hall–Kier alpha value is -2.34. The third-order valence-electron chi connectivity index (χ3n) is 4.96. The lowest BCUT2D eigenvalue weighted by Crippen LogP contribution is -2.05. The average Bonchev–Trinajstić information content (AvgIpc) is 3.37. The number of hydrogen-bond acceptors (Lipinski definition) is 4. The number of hydrogen-bond donors (Lipinski definition) is 0. The molecule has 0 bridgehead atoms. The Morgan fingerprint density at radius 2 is 1.96 bits per heavy atom. The largest absolute Gasteiger partial charge is 0.351 e. The van der Waals surface area contributed by atoms with Crippen LogP contribution in [0, 0.1) is 13.8 Å². The number of rotatable bonds is 6. The molecule has 5 nitrogen and oxygen atoms in total. The quantitative estimate of drug-likeness (QED) is 0.487. The molecule has 0 N–H and O–H groups in total. The van der Waals surface area contributed by atoms with Crippen LogP contribution in [-0.2, 0) is 7.05 Å². The highest BCUT2D eigenvalue weighted by atomic mass is 32.2. The first-order chi connectivity index (χ1) is 12.5. The lowest BCUT2D eigenvalue weighted by atomic mass is 10.2. The third-order valence-corrected chi connectivity index (χ3v) is 5.80. The summed E-state index contributed by atoms with van der Waals surface area (Å²) in [4.78, 5) is 17.3. The van der Waals surface area contributed by atoms with Gasteiger partial charge in [-0.05, 0) is 44.9 Å². The molecule has 0 amide bonds. The number of ketones is 1. The second kappa shape index (κ2) is 6.76. The Morgan fingerprint density at radius 1 is 1.23 bits per heavy atom. The molecule has 134 valence electrons. The predicted octanol–water partition coefficient (Wildman–Crippen LogP) is 4.08. The lowest BCUT2D eigenvalue weighted by molar-refractivity contribution is 0.102. The van der Waals surface area contributed by atoms with E-state index in [-0.39, 0.29) is 5.78 Å². The van der Waals surface area contributed by atoms with Crippen molar-refractivity contribution in [1.29, 1.82) is 0 Å². The van der Waals surface area contributed by atoms with Gasteiger partial charge in [0.25, 0.3) is 0 Å². The number of carbonyl (C=O) groups is 1. The Morgan fingerprint density at radius 3 is 2.58 bits per heavy atom.